The van der Waals surface area contributed by atoms with Gasteiger partial charge in [0.05, 0.1) is 26.3 Å². The van der Waals surface area contributed by atoms with E-state index in [1.807, 2.05) is 18.2 Å². The van der Waals surface area contributed by atoms with Crippen LogP contribution in [-0.2, 0) is 7.05 Å². The topological polar surface area (TPSA) is 19.7 Å². The number of aryl methyl sites for hydroxylation is 1. The summed E-state index contributed by atoms with van der Waals surface area (Å²) in [7, 11) is 2.05. The second-order valence-electron chi connectivity index (χ2n) is 4.93. The molecule has 0 aliphatic rings. The first-order valence-corrected chi connectivity index (χ1v) is 7.09. The predicted octanol–water partition coefficient (Wildman–Crippen LogP) is 4.61. The maximum atomic E-state index is 6.34. The Kier molecular flexibility index (Phi) is 2.47. The quantitative estimate of drug-likeness (QED) is 0.458. The molecular weight excluding hydrogens is 291 g/mol. The highest BCUT2D eigenvalue weighted by Crippen LogP contribution is 2.32. The van der Waals surface area contributed by atoms with Gasteiger partial charge in [0.15, 0.2) is 0 Å². The third kappa shape index (κ3) is 1.49. The zero-order chi connectivity index (χ0) is 13.9. The third-order valence-electron chi connectivity index (χ3n) is 3.80. The number of aromatic amines is 1. The molecule has 0 saturated carbocycles. The Balaban J connectivity index is 2.31. The molecule has 2 heterocycles. The van der Waals surface area contributed by atoms with Gasteiger partial charge in [-0.15, -0.1) is 0 Å². The van der Waals surface area contributed by atoms with Crippen molar-refractivity contribution >= 4 is 56.0 Å². The van der Waals surface area contributed by atoms with Crippen LogP contribution in [0, 0.1) is 0 Å². The lowest BCUT2D eigenvalue weighted by Gasteiger charge is -2.02. The van der Waals surface area contributed by atoms with Crippen LogP contribution in [0.4, 0.5) is 0 Å². The van der Waals surface area contributed by atoms with E-state index in [2.05, 4.69) is 40.9 Å². The van der Waals surface area contributed by atoms with Crippen molar-refractivity contribution < 1.29 is 4.57 Å². The Morgan fingerprint density at radius 2 is 1.75 bits per heavy atom. The van der Waals surface area contributed by atoms with Gasteiger partial charge in [0.1, 0.15) is 12.6 Å². The van der Waals surface area contributed by atoms with Crippen LogP contribution in [0.15, 0.2) is 42.5 Å². The minimum atomic E-state index is 0.578. The lowest BCUT2D eigenvalue weighted by molar-refractivity contribution is -0.616. The highest BCUT2D eigenvalue weighted by Gasteiger charge is 2.19. The van der Waals surface area contributed by atoms with E-state index in [1.54, 1.807) is 0 Å². The van der Waals surface area contributed by atoms with Crippen LogP contribution in [0.2, 0.25) is 10.0 Å². The van der Waals surface area contributed by atoms with Crippen LogP contribution in [0.3, 0.4) is 0 Å². The van der Waals surface area contributed by atoms with Crippen molar-refractivity contribution in [2.24, 2.45) is 7.05 Å². The van der Waals surface area contributed by atoms with E-state index in [0.717, 1.165) is 21.9 Å². The molecule has 1 N–H and O–H groups in total. The largest absolute Gasteiger partial charge is 0.349 e. The van der Waals surface area contributed by atoms with E-state index in [9.17, 15) is 0 Å². The van der Waals surface area contributed by atoms with Gasteiger partial charge in [-0.3, -0.25) is 0 Å². The Morgan fingerprint density at radius 3 is 2.60 bits per heavy atom. The summed E-state index contributed by atoms with van der Waals surface area (Å²) in [6.45, 7) is 0. The number of rotatable bonds is 0. The first-order chi connectivity index (χ1) is 9.66. The minimum absolute atomic E-state index is 0.578. The zero-order valence-electron chi connectivity index (χ0n) is 10.7. The van der Waals surface area contributed by atoms with Crippen LogP contribution in [0.1, 0.15) is 0 Å². The molecule has 0 atom stereocenters. The highest BCUT2D eigenvalue weighted by atomic mass is 35.5. The molecule has 0 fully saturated rings. The standard InChI is InChI=1S/C16H10Cl2N2/c1-20-14-7-6-11(17)15(18)10(14)8-13-16(20)9-4-2-3-5-12(9)19-13/h2-8H,1H3/p+1. The maximum absolute atomic E-state index is 6.34. The van der Waals surface area contributed by atoms with Crippen molar-refractivity contribution in [2.45, 2.75) is 0 Å². The Morgan fingerprint density at radius 1 is 0.950 bits per heavy atom. The second-order valence-corrected chi connectivity index (χ2v) is 5.72. The molecule has 0 saturated heterocycles. The molecule has 4 heteroatoms. The van der Waals surface area contributed by atoms with E-state index in [0.29, 0.717) is 10.0 Å². The summed E-state index contributed by atoms with van der Waals surface area (Å²) in [6.07, 6.45) is 0. The molecule has 2 aromatic carbocycles. The zero-order valence-corrected chi connectivity index (χ0v) is 12.3. The average molecular weight is 302 g/mol. The number of nitrogens with zero attached hydrogens (tertiary/aromatic N) is 1. The number of para-hydroxylation sites is 1. The summed E-state index contributed by atoms with van der Waals surface area (Å²) in [5.41, 5.74) is 4.42. The number of hydrogen-bond acceptors (Lipinski definition) is 0. The fourth-order valence-electron chi connectivity index (χ4n) is 2.86. The van der Waals surface area contributed by atoms with E-state index in [1.165, 1.54) is 10.9 Å². The third-order valence-corrected chi connectivity index (χ3v) is 4.62. The highest BCUT2D eigenvalue weighted by molar-refractivity contribution is 6.45. The molecule has 20 heavy (non-hydrogen) atoms. The van der Waals surface area contributed by atoms with E-state index in [-0.39, 0.29) is 0 Å². The van der Waals surface area contributed by atoms with Crippen LogP contribution in [0.25, 0.3) is 32.8 Å². The Labute approximate surface area is 125 Å². The van der Waals surface area contributed by atoms with Crippen LogP contribution >= 0.6 is 23.2 Å². The van der Waals surface area contributed by atoms with Gasteiger partial charge in [0.2, 0.25) is 11.0 Å². The molecular formula is C16H11Cl2N2+. The molecule has 2 nitrogen and oxygen atoms in total. The van der Waals surface area contributed by atoms with E-state index < -0.39 is 0 Å². The average Bonchev–Trinajstić information content (AvgIpc) is 2.82. The first-order valence-electron chi connectivity index (χ1n) is 6.34. The summed E-state index contributed by atoms with van der Waals surface area (Å²) < 4.78 is 2.16. The molecule has 2 aromatic heterocycles. The van der Waals surface area contributed by atoms with Crippen molar-refractivity contribution in [3.05, 3.63) is 52.5 Å². The number of benzene rings is 2. The number of halogens is 2. The molecule has 0 aliphatic heterocycles. The summed E-state index contributed by atoms with van der Waals surface area (Å²) in [6, 6.07) is 14.2. The molecule has 4 rings (SSSR count). The van der Waals surface area contributed by atoms with Gasteiger partial charge in [-0.2, -0.15) is 4.57 Å². The Hall–Kier alpha value is -1.77. The summed E-state index contributed by atoms with van der Waals surface area (Å²) in [4.78, 5) is 3.44. The van der Waals surface area contributed by atoms with Crippen molar-refractivity contribution in [1.29, 1.82) is 0 Å². The molecule has 0 bridgehead atoms. The summed E-state index contributed by atoms with van der Waals surface area (Å²) in [5.74, 6) is 0. The number of aromatic nitrogens is 2. The van der Waals surface area contributed by atoms with Crippen molar-refractivity contribution in [3.63, 3.8) is 0 Å². The molecule has 0 spiro atoms. The van der Waals surface area contributed by atoms with Gasteiger partial charge >= 0.3 is 0 Å². The van der Waals surface area contributed by atoms with Crippen LogP contribution in [0.5, 0.6) is 0 Å². The van der Waals surface area contributed by atoms with Crippen molar-refractivity contribution in [1.82, 2.24) is 4.98 Å². The lowest BCUT2D eigenvalue weighted by Crippen LogP contribution is -2.29. The van der Waals surface area contributed by atoms with Crippen molar-refractivity contribution in [2.75, 3.05) is 0 Å². The predicted molar refractivity (Wildman–Crippen MR) is 84.5 cm³/mol. The summed E-state index contributed by atoms with van der Waals surface area (Å²) >= 11 is 12.5. The SMILES string of the molecule is C[n+]1c2ccc(Cl)c(Cl)c2cc2[nH]c3ccccc3c21. The number of fused-ring (bicyclic) bond motifs is 4. The Bertz CT molecular complexity index is 986. The lowest BCUT2D eigenvalue weighted by atomic mass is 10.1. The number of nitrogens with one attached hydrogen (secondary N) is 1. The summed E-state index contributed by atoms with van der Waals surface area (Å²) in [5, 5.41) is 3.34. The van der Waals surface area contributed by atoms with Crippen LogP contribution < -0.4 is 4.57 Å². The smallest absolute Gasteiger partial charge is 0.238 e. The normalized spacial score (nSPS) is 11.8. The molecule has 98 valence electrons. The maximum Gasteiger partial charge on any atom is 0.238 e. The van der Waals surface area contributed by atoms with Gasteiger partial charge in [-0.1, -0.05) is 35.3 Å². The molecule has 0 amide bonds. The van der Waals surface area contributed by atoms with Crippen molar-refractivity contribution in [3.8, 4) is 0 Å². The molecule has 0 radical (unpaired) electrons. The number of hydrogen-bond donors (Lipinski definition) is 1. The van der Waals surface area contributed by atoms with Gasteiger partial charge in [0, 0.05) is 6.07 Å². The van der Waals surface area contributed by atoms with Gasteiger partial charge < -0.3 is 4.98 Å². The van der Waals surface area contributed by atoms with Gasteiger partial charge in [-0.05, 0) is 24.3 Å². The van der Waals surface area contributed by atoms with E-state index >= 15 is 0 Å². The van der Waals surface area contributed by atoms with Gasteiger partial charge in [0.25, 0.3) is 0 Å². The fourth-order valence-corrected chi connectivity index (χ4v) is 3.24. The molecule has 4 aromatic rings. The van der Waals surface area contributed by atoms with Crippen LogP contribution in [-0.4, -0.2) is 4.98 Å². The minimum Gasteiger partial charge on any atom is -0.349 e. The fraction of sp³-hybridized carbons (Fsp3) is 0.0625. The number of pyridine rings is 1. The number of H-pyrrole nitrogens is 1. The monoisotopic (exact) mass is 301 g/mol. The van der Waals surface area contributed by atoms with E-state index in [4.69, 9.17) is 23.2 Å². The molecule has 0 unspecified atom stereocenters. The first kappa shape index (κ1) is 12.0. The van der Waals surface area contributed by atoms with Gasteiger partial charge in [-0.25, -0.2) is 0 Å². The molecule has 0 aliphatic carbocycles. The second kappa shape index (κ2) is 4.11.